The third-order valence-corrected chi connectivity index (χ3v) is 8.38. The van der Waals surface area contributed by atoms with Crippen LogP contribution in [0.4, 0.5) is 4.39 Å². The van der Waals surface area contributed by atoms with Crippen LogP contribution in [0, 0.1) is 17.1 Å². The molecule has 3 aromatic carbocycles. The monoisotopic (exact) mass is 640 g/mol. The van der Waals surface area contributed by atoms with Crippen LogP contribution in [0.5, 0.6) is 0 Å². The number of benzene rings is 3. The van der Waals surface area contributed by atoms with Crippen molar-refractivity contribution in [3.05, 3.63) is 136 Å². The van der Waals surface area contributed by atoms with Crippen molar-refractivity contribution in [2.75, 3.05) is 26.4 Å². The van der Waals surface area contributed by atoms with Crippen molar-refractivity contribution < 1.29 is 28.2 Å². The molecule has 9 nitrogen and oxygen atoms in total. The zero-order valence-electron chi connectivity index (χ0n) is 25.0. The Kier molecular flexibility index (Phi) is 8.84. The van der Waals surface area contributed by atoms with E-state index in [1.54, 1.807) is 66.2 Å². The number of aryl methyl sites for hydroxylation is 1. The maximum absolute atomic E-state index is 16.8. The minimum Gasteiger partial charge on any atom is -0.379 e. The van der Waals surface area contributed by atoms with Crippen molar-refractivity contribution in [1.82, 2.24) is 14.5 Å². The molecule has 6 rings (SSSR count). The van der Waals surface area contributed by atoms with Crippen LogP contribution in [0.25, 0.3) is 0 Å². The average molecular weight is 641 g/mol. The Balaban J connectivity index is 1.61. The Hall–Kier alpha value is -4.66. The molecule has 11 heteroatoms. The highest BCUT2D eigenvalue weighted by Gasteiger charge is 2.58. The molecule has 3 heterocycles. The molecule has 46 heavy (non-hydrogen) atoms. The number of rotatable bonds is 11. The fraction of sp³-hybridized carbons (Fsp3) is 0.257. The minimum absolute atomic E-state index is 0.0150. The van der Waals surface area contributed by atoms with Gasteiger partial charge in [-0.15, -0.1) is 6.58 Å². The van der Waals surface area contributed by atoms with Crippen LogP contribution in [0.1, 0.15) is 61.1 Å². The fourth-order valence-electron chi connectivity index (χ4n) is 6.04. The van der Waals surface area contributed by atoms with E-state index in [4.69, 9.17) is 25.8 Å². The summed E-state index contributed by atoms with van der Waals surface area (Å²) in [6.45, 7) is 4.57. The number of aromatic nitrogens is 2. The van der Waals surface area contributed by atoms with E-state index < -0.39 is 35.4 Å². The zero-order valence-corrected chi connectivity index (χ0v) is 25.7. The average Bonchev–Trinajstić information content (AvgIpc) is 3.79. The normalized spacial score (nSPS) is 19.6. The number of imidazole rings is 1. The first kappa shape index (κ1) is 31.3. The van der Waals surface area contributed by atoms with Crippen molar-refractivity contribution in [2.45, 2.75) is 24.3 Å². The van der Waals surface area contributed by atoms with Crippen LogP contribution in [-0.4, -0.2) is 58.7 Å². The van der Waals surface area contributed by atoms with Crippen LogP contribution in [0.15, 0.2) is 85.8 Å². The molecular formula is C35H30ClFN4O5. The lowest BCUT2D eigenvalue weighted by atomic mass is 9.89. The molecule has 0 bridgehead atoms. The molecule has 1 fully saturated rings. The molecule has 1 aromatic heterocycles. The Morgan fingerprint density at radius 2 is 2.02 bits per heavy atom. The minimum atomic E-state index is -1.82. The van der Waals surface area contributed by atoms with E-state index in [0.717, 1.165) is 6.07 Å². The molecule has 234 valence electrons. The van der Waals surface area contributed by atoms with Gasteiger partial charge in [-0.2, -0.15) is 5.26 Å². The molecule has 4 aromatic rings. The quantitative estimate of drug-likeness (QED) is 0.117. The SMILES string of the molecule is C=CCOC[C@@H](c1ccc(C#N)cc1)N1C(=O)c2cc(C(=O)c3cn(C)cn3)cc(F)c2[C@]1(O[C@H]1CCOC1)c1ccc(Cl)cc1. The number of amides is 1. The van der Waals surface area contributed by atoms with Crippen LogP contribution >= 0.6 is 11.6 Å². The summed E-state index contributed by atoms with van der Waals surface area (Å²) in [5, 5.41) is 9.88. The summed E-state index contributed by atoms with van der Waals surface area (Å²) in [4.78, 5) is 33.9. The van der Waals surface area contributed by atoms with Gasteiger partial charge in [0.2, 0.25) is 11.5 Å². The third-order valence-electron chi connectivity index (χ3n) is 8.13. The van der Waals surface area contributed by atoms with Crippen LogP contribution < -0.4 is 0 Å². The Morgan fingerprint density at radius 3 is 2.65 bits per heavy atom. The third kappa shape index (κ3) is 5.63. The highest BCUT2D eigenvalue weighted by Crippen LogP contribution is 2.52. The molecule has 1 amide bonds. The highest BCUT2D eigenvalue weighted by molar-refractivity contribution is 6.30. The van der Waals surface area contributed by atoms with Gasteiger partial charge in [0.1, 0.15) is 11.5 Å². The molecule has 2 aliphatic heterocycles. The van der Waals surface area contributed by atoms with E-state index in [0.29, 0.717) is 34.7 Å². The second kappa shape index (κ2) is 13.0. The van der Waals surface area contributed by atoms with Gasteiger partial charge in [0.25, 0.3) is 5.91 Å². The van der Waals surface area contributed by atoms with Gasteiger partial charge in [-0.05, 0) is 48.4 Å². The van der Waals surface area contributed by atoms with Crippen molar-refractivity contribution in [3.8, 4) is 6.07 Å². The second-order valence-electron chi connectivity index (χ2n) is 11.1. The highest BCUT2D eigenvalue weighted by atomic mass is 35.5. The molecule has 0 radical (unpaired) electrons. The number of carbonyl (C=O) groups excluding carboxylic acids is 2. The number of hydrogen-bond acceptors (Lipinski definition) is 7. The molecule has 0 unspecified atom stereocenters. The van der Waals surface area contributed by atoms with Crippen LogP contribution in [0.3, 0.4) is 0 Å². The number of hydrogen-bond donors (Lipinski definition) is 0. The maximum Gasteiger partial charge on any atom is 0.257 e. The molecular weight excluding hydrogens is 611 g/mol. The lowest BCUT2D eigenvalue weighted by Gasteiger charge is -2.45. The van der Waals surface area contributed by atoms with Crippen LogP contribution in [0.2, 0.25) is 5.02 Å². The van der Waals surface area contributed by atoms with Crippen molar-refractivity contribution in [1.29, 1.82) is 5.26 Å². The standard InChI is InChI=1S/C35H30ClFN4O5/c1-3-13-44-20-31(23-6-4-22(17-38)5-7-23)41-34(43)28-15-24(33(42)30-18-40(2)21-39-30)16-29(37)32(28)35(41,46-27-12-14-45-19-27)25-8-10-26(36)11-9-25/h3-11,15-16,18,21,27,31H,1,12-14,19-20H2,2H3/t27-,31-,35+/m0/s1. The first-order valence-corrected chi connectivity index (χ1v) is 15.0. The Labute approximate surface area is 270 Å². The topological polar surface area (TPSA) is 107 Å². The summed E-state index contributed by atoms with van der Waals surface area (Å²) >= 11 is 6.30. The Bertz CT molecular complexity index is 1830. The van der Waals surface area contributed by atoms with E-state index in [-0.39, 0.29) is 42.2 Å². The largest absolute Gasteiger partial charge is 0.379 e. The van der Waals surface area contributed by atoms with Crippen molar-refractivity contribution >= 4 is 23.3 Å². The van der Waals surface area contributed by atoms with Crippen molar-refractivity contribution in [3.63, 3.8) is 0 Å². The van der Waals surface area contributed by atoms with Crippen LogP contribution in [-0.2, 0) is 27.0 Å². The van der Waals surface area contributed by atoms with E-state index in [2.05, 4.69) is 17.6 Å². The zero-order chi connectivity index (χ0) is 32.4. The number of nitrogens with zero attached hydrogens (tertiary/aromatic N) is 4. The molecule has 0 spiro atoms. The van der Waals surface area contributed by atoms with Gasteiger partial charge in [0.05, 0.1) is 61.1 Å². The smallest absolute Gasteiger partial charge is 0.257 e. The summed E-state index contributed by atoms with van der Waals surface area (Å²) in [6.07, 6.45) is 4.60. The van der Waals surface area contributed by atoms with Gasteiger partial charge in [0, 0.05) is 36.0 Å². The summed E-state index contributed by atoms with van der Waals surface area (Å²) < 4.78 is 36.9. The lowest BCUT2D eigenvalue weighted by Crippen LogP contribution is -2.52. The molecule has 1 saturated heterocycles. The van der Waals surface area contributed by atoms with E-state index in [1.165, 1.54) is 23.5 Å². The number of fused-ring (bicyclic) bond motifs is 1. The van der Waals surface area contributed by atoms with Gasteiger partial charge in [-0.1, -0.05) is 41.9 Å². The predicted octanol–water partition coefficient (Wildman–Crippen LogP) is 5.72. The first-order chi connectivity index (χ1) is 22.3. The summed E-state index contributed by atoms with van der Waals surface area (Å²) in [5.74, 6) is -1.91. The number of nitriles is 1. The summed E-state index contributed by atoms with van der Waals surface area (Å²) in [6, 6.07) is 17.2. The van der Waals surface area contributed by atoms with E-state index in [1.807, 2.05) is 0 Å². The summed E-state index contributed by atoms with van der Waals surface area (Å²) in [7, 11) is 1.72. The molecule has 0 aliphatic carbocycles. The van der Waals surface area contributed by atoms with Gasteiger partial charge in [-0.3, -0.25) is 14.5 Å². The van der Waals surface area contributed by atoms with Crippen molar-refractivity contribution in [2.24, 2.45) is 7.05 Å². The predicted molar refractivity (Wildman–Crippen MR) is 167 cm³/mol. The number of ketones is 1. The fourth-order valence-corrected chi connectivity index (χ4v) is 6.16. The van der Waals surface area contributed by atoms with Gasteiger partial charge < -0.3 is 18.8 Å². The van der Waals surface area contributed by atoms with Gasteiger partial charge >= 0.3 is 0 Å². The van der Waals surface area contributed by atoms with E-state index >= 15 is 4.39 Å². The van der Waals surface area contributed by atoms with Gasteiger partial charge in [0.15, 0.2) is 0 Å². The Morgan fingerprint density at radius 1 is 1.26 bits per heavy atom. The first-order valence-electron chi connectivity index (χ1n) is 14.7. The molecule has 0 saturated carbocycles. The second-order valence-corrected chi connectivity index (χ2v) is 11.6. The summed E-state index contributed by atoms with van der Waals surface area (Å²) in [5.41, 5.74) is -0.306. The molecule has 0 N–H and O–H groups in total. The molecule has 2 aliphatic rings. The van der Waals surface area contributed by atoms with E-state index in [9.17, 15) is 14.9 Å². The molecule has 3 atom stereocenters. The van der Waals surface area contributed by atoms with Gasteiger partial charge in [-0.25, -0.2) is 9.37 Å². The number of halogens is 2. The number of carbonyl (C=O) groups is 2. The lowest BCUT2D eigenvalue weighted by molar-refractivity contribution is -0.163. The maximum atomic E-state index is 16.8. The number of ether oxygens (including phenoxy) is 3.